The number of rotatable bonds is 4. The maximum atomic E-state index is 10.3. The zero-order valence-corrected chi connectivity index (χ0v) is 8.75. The molecule has 3 heteroatoms. The molecule has 1 N–H and O–H groups in total. The highest BCUT2D eigenvalue weighted by atomic mass is 32.2. The zero-order valence-electron chi connectivity index (χ0n) is 7.94. The van der Waals surface area contributed by atoms with Crippen molar-refractivity contribution in [1.29, 1.82) is 0 Å². The van der Waals surface area contributed by atoms with E-state index in [9.17, 15) is 4.79 Å². The fourth-order valence-electron chi connectivity index (χ4n) is 0.369. The molecule has 0 saturated heterocycles. The summed E-state index contributed by atoms with van der Waals surface area (Å²) in [6.07, 6.45) is 1.17. The summed E-state index contributed by atoms with van der Waals surface area (Å²) >= 11 is 1.75. The molecule has 1 amide bonds. The van der Waals surface area contributed by atoms with Crippen LogP contribution in [0.2, 0.25) is 0 Å². The minimum absolute atomic E-state index is 0. The molecule has 0 unspecified atom stereocenters. The van der Waals surface area contributed by atoms with Crippen LogP contribution in [0.1, 0.15) is 35.5 Å². The summed E-state index contributed by atoms with van der Waals surface area (Å²) in [4.78, 5) is 10.3. The van der Waals surface area contributed by atoms with Crippen molar-refractivity contribution in [3.8, 4) is 0 Å². The normalized spacial score (nSPS) is 8.00. The molecule has 0 spiro atoms. The maximum absolute atomic E-state index is 10.3. The Labute approximate surface area is 75.6 Å². The topological polar surface area (TPSA) is 29.1 Å². The van der Waals surface area contributed by atoms with E-state index in [4.69, 9.17) is 0 Å². The second-order valence-corrected chi connectivity index (χ2v) is 2.89. The van der Waals surface area contributed by atoms with Crippen LogP contribution >= 0.6 is 11.8 Å². The number of carbonyl (C=O) groups excluding carboxylic acids is 1. The fraction of sp³-hybridized carbons (Fsp3) is 0.875. The Morgan fingerprint density at radius 3 is 2.45 bits per heavy atom. The van der Waals surface area contributed by atoms with Gasteiger partial charge in [0.25, 0.3) is 0 Å². The standard InChI is InChI=1S/C6H13NOS.C2H6.H2/c1-3-4-9-5-7-6(2)8;1-2;/h3-5H2,1-2H3,(H,7,8);1-2H3;1H. The lowest BCUT2D eigenvalue weighted by Gasteiger charge is -1.98. The van der Waals surface area contributed by atoms with Crippen LogP contribution in [0.25, 0.3) is 0 Å². The van der Waals surface area contributed by atoms with Crippen molar-refractivity contribution in [2.24, 2.45) is 0 Å². The lowest BCUT2D eigenvalue weighted by molar-refractivity contribution is -0.118. The third kappa shape index (κ3) is 17.7. The Bertz CT molecular complexity index is 91.1. The molecular weight excluding hydrogens is 158 g/mol. The van der Waals surface area contributed by atoms with Gasteiger partial charge in [-0.2, -0.15) is 0 Å². The molecule has 0 aromatic rings. The van der Waals surface area contributed by atoms with Crippen LogP contribution < -0.4 is 5.32 Å². The maximum Gasteiger partial charge on any atom is 0.217 e. The number of thioether (sulfide) groups is 1. The van der Waals surface area contributed by atoms with Gasteiger partial charge in [0.2, 0.25) is 5.91 Å². The monoisotopic (exact) mass is 179 g/mol. The van der Waals surface area contributed by atoms with E-state index < -0.39 is 0 Å². The predicted molar refractivity (Wildman–Crippen MR) is 54.9 cm³/mol. The minimum Gasteiger partial charge on any atom is -0.347 e. The molecule has 0 fully saturated rings. The summed E-state index contributed by atoms with van der Waals surface area (Å²) in [6.45, 7) is 7.66. The molecule has 0 heterocycles. The van der Waals surface area contributed by atoms with Gasteiger partial charge in [-0.15, -0.1) is 11.8 Å². The van der Waals surface area contributed by atoms with Gasteiger partial charge in [0, 0.05) is 8.35 Å². The van der Waals surface area contributed by atoms with E-state index in [1.807, 2.05) is 13.8 Å². The second kappa shape index (κ2) is 12.5. The number of carbonyl (C=O) groups is 1. The van der Waals surface area contributed by atoms with Gasteiger partial charge < -0.3 is 5.32 Å². The van der Waals surface area contributed by atoms with Gasteiger partial charge in [0.15, 0.2) is 0 Å². The summed E-state index contributed by atoms with van der Waals surface area (Å²) in [5.74, 6) is 1.93. The van der Waals surface area contributed by atoms with E-state index in [0.717, 1.165) is 11.6 Å². The van der Waals surface area contributed by atoms with Crippen molar-refractivity contribution in [2.75, 3.05) is 11.6 Å². The average molecular weight is 179 g/mol. The van der Waals surface area contributed by atoms with Crippen LogP contribution in [0.15, 0.2) is 0 Å². The molecular formula is C8H21NOS. The molecule has 0 radical (unpaired) electrons. The number of nitrogens with one attached hydrogen (secondary N) is 1. The van der Waals surface area contributed by atoms with Crippen LogP contribution in [0.5, 0.6) is 0 Å². The third-order valence-corrected chi connectivity index (χ3v) is 1.82. The highest BCUT2D eigenvalue weighted by molar-refractivity contribution is 7.99. The largest absolute Gasteiger partial charge is 0.347 e. The first kappa shape index (κ1) is 13.4. The Hall–Kier alpha value is -0.180. The van der Waals surface area contributed by atoms with Gasteiger partial charge in [0.1, 0.15) is 0 Å². The first-order valence-corrected chi connectivity index (χ1v) is 5.25. The first-order valence-electron chi connectivity index (χ1n) is 4.09. The van der Waals surface area contributed by atoms with Gasteiger partial charge in [-0.25, -0.2) is 0 Å². The third-order valence-electron chi connectivity index (χ3n) is 0.772. The van der Waals surface area contributed by atoms with Gasteiger partial charge in [-0.3, -0.25) is 4.79 Å². The van der Waals surface area contributed by atoms with Crippen molar-refractivity contribution < 1.29 is 6.22 Å². The molecule has 0 atom stereocenters. The van der Waals surface area contributed by atoms with Crippen LogP contribution in [0.3, 0.4) is 0 Å². The Morgan fingerprint density at radius 2 is 2.09 bits per heavy atom. The molecule has 11 heavy (non-hydrogen) atoms. The molecule has 2 nitrogen and oxygen atoms in total. The molecule has 0 rings (SSSR count). The van der Waals surface area contributed by atoms with Crippen molar-refractivity contribution in [1.82, 2.24) is 5.32 Å². The highest BCUT2D eigenvalue weighted by Crippen LogP contribution is 1.97. The Balaban J connectivity index is -0.000000249. The van der Waals surface area contributed by atoms with Gasteiger partial charge in [0.05, 0.1) is 5.88 Å². The Kier molecular flexibility index (Phi) is 15.2. The quantitative estimate of drug-likeness (QED) is 0.530. The van der Waals surface area contributed by atoms with Gasteiger partial charge >= 0.3 is 0 Å². The number of hydrogen-bond acceptors (Lipinski definition) is 2. The molecule has 0 aromatic heterocycles. The molecule has 70 valence electrons. The first-order chi connectivity index (χ1) is 5.27. The van der Waals surface area contributed by atoms with E-state index in [1.165, 1.54) is 13.3 Å². The second-order valence-electron chi connectivity index (χ2n) is 1.79. The van der Waals surface area contributed by atoms with E-state index in [1.54, 1.807) is 11.8 Å². The summed E-state index contributed by atoms with van der Waals surface area (Å²) in [5.41, 5.74) is 0. The van der Waals surface area contributed by atoms with Crippen molar-refractivity contribution in [3.63, 3.8) is 0 Å². The van der Waals surface area contributed by atoms with Crippen LogP contribution in [0, 0.1) is 0 Å². The van der Waals surface area contributed by atoms with Gasteiger partial charge in [-0.1, -0.05) is 20.8 Å². The number of amides is 1. The molecule has 0 aliphatic carbocycles. The van der Waals surface area contributed by atoms with Crippen LogP contribution in [-0.2, 0) is 4.79 Å². The van der Waals surface area contributed by atoms with E-state index in [2.05, 4.69) is 12.2 Å². The van der Waals surface area contributed by atoms with E-state index in [0.29, 0.717) is 0 Å². The molecule has 0 aromatic carbocycles. The summed E-state index contributed by atoms with van der Waals surface area (Å²) < 4.78 is 0. The smallest absolute Gasteiger partial charge is 0.217 e. The predicted octanol–water partition coefficient (Wildman–Crippen LogP) is 2.50. The van der Waals surface area contributed by atoms with Crippen molar-refractivity contribution in [3.05, 3.63) is 0 Å². The molecule has 0 aliphatic rings. The highest BCUT2D eigenvalue weighted by Gasteiger charge is 1.87. The van der Waals surface area contributed by atoms with Crippen LogP contribution in [0.4, 0.5) is 0 Å². The SMILES string of the molecule is CC.CCCSCNC(C)=O.[HH]. The van der Waals surface area contributed by atoms with Crippen molar-refractivity contribution >= 4 is 17.7 Å². The summed E-state index contributed by atoms with van der Waals surface area (Å²) in [7, 11) is 0. The number of hydrogen-bond donors (Lipinski definition) is 1. The average Bonchev–Trinajstić information content (AvgIpc) is 2.02. The fourth-order valence-corrected chi connectivity index (χ4v) is 1.11. The lowest BCUT2D eigenvalue weighted by atomic mass is 10.6. The van der Waals surface area contributed by atoms with Crippen LogP contribution in [-0.4, -0.2) is 17.5 Å². The summed E-state index contributed by atoms with van der Waals surface area (Å²) in [5, 5.41) is 2.70. The van der Waals surface area contributed by atoms with Crippen molar-refractivity contribution in [2.45, 2.75) is 34.1 Å². The molecule has 0 bridgehead atoms. The van der Waals surface area contributed by atoms with E-state index in [-0.39, 0.29) is 7.33 Å². The Morgan fingerprint density at radius 1 is 1.55 bits per heavy atom. The zero-order chi connectivity index (χ0) is 9.11. The summed E-state index contributed by atoms with van der Waals surface area (Å²) in [6, 6.07) is 0. The molecule has 0 saturated carbocycles. The minimum atomic E-state index is 0. The lowest BCUT2D eigenvalue weighted by Crippen LogP contribution is -2.18. The molecule has 0 aliphatic heterocycles. The van der Waals surface area contributed by atoms with E-state index >= 15 is 0 Å². The van der Waals surface area contributed by atoms with Gasteiger partial charge in [-0.05, 0) is 12.2 Å².